The van der Waals surface area contributed by atoms with Crippen molar-refractivity contribution in [3.63, 3.8) is 0 Å². The van der Waals surface area contributed by atoms with Gasteiger partial charge in [0.2, 0.25) is 82.7 Å². The molecule has 0 bridgehead atoms. The molecule has 0 spiro atoms. The van der Waals surface area contributed by atoms with E-state index in [9.17, 15) is 121 Å². The highest BCUT2D eigenvalue weighted by Crippen LogP contribution is 2.23. The lowest BCUT2D eigenvalue weighted by Gasteiger charge is -2.30. The number of anilines is 1. The summed E-state index contributed by atoms with van der Waals surface area (Å²) in [6.07, 6.45) is -0.938. The second-order valence-electron chi connectivity index (χ2n) is 36.0. The molecule has 0 aliphatic carbocycles. The smallest absolute Gasteiger partial charge is 0.408 e. The monoisotopic (exact) mass is 2000 g/mol. The molecule has 0 radical (unpaired) electrons. The van der Waals surface area contributed by atoms with E-state index < -0.39 is 303 Å². The first kappa shape index (κ1) is 119. The summed E-state index contributed by atoms with van der Waals surface area (Å²) in [5, 5.41) is 89.8. The summed E-state index contributed by atoms with van der Waals surface area (Å²) >= 11 is 0. The van der Waals surface area contributed by atoms with Crippen molar-refractivity contribution in [3.8, 4) is 0 Å². The van der Waals surface area contributed by atoms with Gasteiger partial charge < -0.3 is 147 Å². The number of nitrogens with one attached hydrogen (secondary N) is 18. The number of hydrogen-bond acceptors (Lipinski definition) is 28. The van der Waals surface area contributed by atoms with E-state index in [0.717, 1.165) is 78.6 Å². The largest absolute Gasteiger partial charge is 0.481 e. The number of nitrogen functional groups attached to an aromatic ring is 1. The molecule has 2 heterocycles. The lowest BCUT2D eigenvalue weighted by molar-refractivity contribution is -0.156. The van der Waals surface area contributed by atoms with Crippen LogP contribution in [0.15, 0.2) is 54.7 Å². The van der Waals surface area contributed by atoms with E-state index in [2.05, 4.69) is 86.3 Å². The summed E-state index contributed by atoms with van der Waals surface area (Å²) in [5.74, 6) is -31.2. The lowest BCUT2D eigenvalue weighted by atomic mass is 9.96. The number of benzene rings is 2. The van der Waals surface area contributed by atoms with E-state index in [0.29, 0.717) is 22.9 Å². The molecular weight excluding hydrogens is 1870 g/mol. The highest BCUT2D eigenvalue weighted by atomic mass is 16.6. The molecule has 2 aromatic carbocycles. The van der Waals surface area contributed by atoms with Crippen molar-refractivity contribution in [1.29, 1.82) is 0 Å². The maximum Gasteiger partial charge on any atom is 0.408 e. The Balaban J connectivity index is 1.93. The van der Waals surface area contributed by atoms with Crippen LogP contribution in [0.1, 0.15) is 220 Å². The highest BCUT2D eigenvalue weighted by Gasteiger charge is 2.42. The number of carboxylic acids is 4. The van der Waals surface area contributed by atoms with Crippen LogP contribution in [0.4, 0.5) is 20.1 Å². The van der Waals surface area contributed by atoms with Crippen LogP contribution in [-0.4, -0.2) is 296 Å². The standard InChI is InChI=1S/C91H136N20O31/c1-11-12-13-14-15-16-17-18-19-25-34-95-87(137)108-58(38-51-44-97-55-31-23-21-28-52(51)55)80(130)104-59(40-66(93)114)81(131)106-62(43-72(123)124)82(132)111-74-50(4)140-86(136)63(39-65(113)53-29-20-22-30-54(53)92)107-85(135)73(48(2)37-69(117)118)110-83(133)64(47-112)102-68(116)45-98-77(127)60(41-70(119)120)103-75(125)49(3)100-79(129)61(42-71(121)122)105-78(128)57(101-67(115)46-99-84(74)134)33-27-36-94-76(126)56(109-89(139)142-91(8,9)10)32-24-26-35-96-88(138)141-90(5,6)7/h20-23,28-31,44,48-50,56-64,73-74,97,112H,11-19,24-27,32-43,45-47,92H2,1-10H3,(H2,93,114)(H,94,126)(H,96,138)(H,98,127)(H,99,134)(H,100,129)(H,101,115)(H,102,116)(H,103,125)(H,104,130)(H,105,128)(H,106,131)(H,107,135)(H,109,139)(H,110,133)(H,111,132)(H,117,118)(H,119,120)(H,121,122)(H,123,124)(H2,95,108,137). The number of carbonyl (C=O) groups is 23. The number of primary amides is 1. The number of aromatic amines is 1. The van der Waals surface area contributed by atoms with Crippen LogP contribution in [0.2, 0.25) is 0 Å². The first-order chi connectivity index (χ1) is 66.8. The zero-order valence-electron chi connectivity index (χ0n) is 81.1. The third-order valence-corrected chi connectivity index (χ3v) is 21.5. The minimum absolute atomic E-state index is 0.0582. The second-order valence-corrected chi connectivity index (χ2v) is 36.0. The molecule has 1 aliphatic heterocycles. The summed E-state index contributed by atoms with van der Waals surface area (Å²) in [5.41, 5.74) is 10.4. The van der Waals surface area contributed by atoms with Crippen molar-refractivity contribution in [2.75, 3.05) is 45.1 Å². The number of hydrogen-bond donors (Lipinski definition) is 25. The molecule has 786 valence electrons. The van der Waals surface area contributed by atoms with E-state index in [4.69, 9.17) is 25.7 Å². The number of urea groups is 1. The van der Waals surface area contributed by atoms with Crippen LogP contribution in [0.3, 0.4) is 0 Å². The summed E-state index contributed by atoms with van der Waals surface area (Å²) in [7, 11) is 0. The predicted octanol–water partition coefficient (Wildman–Crippen LogP) is -1.91. The average Bonchev–Trinajstić information content (AvgIpc) is 1.62. The number of aliphatic carboxylic acids is 4. The van der Waals surface area contributed by atoms with Gasteiger partial charge in [0.25, 0.3) is 0 Å². The van der Waals surface area contributed by atoms with Crippen LogP contribution in [0.5, 0.6) is 0 Å². The Hall–Kier alpha value is -14.8. The van der Waals surface area contributed by atoms with Gasteiger partial charge in [0.15, 0.2) is 5.78 Å². The van der Waals surface area contributed by atoms with Gasteiger partial charge in [-0.15, -0.1) is 0 Å². The average molecular weight is 2010 g/mol. The third-order valence-electron chi connectivity index (χ3n) is 21.5. The quantitative estimate of drug-likeness (QED) is 0.00964. The minimum atomic E-state index is -2.55. The zero-order chi connectivity index (χ0) is 106. The number of nitrogens with two attached hydrogens (primary N) is 2. The number of ketones is 1. The van der Waals surface area contributed by atoms with Gasteiger partial charge in [0, 0.05) is 60.8 Å². The fraction of sp³-hybridized carbons (Fsp3) is 0.593. The molecule has 1 aromatic heterocycles. The number of H-pyrrole nitrogens is 1. The van der Waals surface area contributed by atoms with E-state index >= 15 is 14.4 Å². The summed E-state index contributed by atoms with van der Waals surface area (Å²) in [6.45, 7) is 10.4. The molecule has 3 aromatic rings. The number of aromatic nitrogens is 1. The number of ether oxygens (including phenoxy) is 3. The molecule has 1 fully saturated rings. The third kappa shape index (κ3) is 45.4. The van der Waals surface area contributed by atoms with Crippen molar-refractivity contribution < 1.29 is 150 Å². The number of esters is 1. The second kappa shape index (κ2) is 60.2. The lowest BCUT2D eigenvalue weighted by Crippen LogP contribution is -2.62. The first-order valence-corrected chi connectivity index (χ1v) is 46.5. The van der Waals surface area contributed by atoms with Crippen molar-refractivity contribution >= 4 is 153 Å². The number of amides is 18. The van der Waals surface area contributed by atoms with Crippen molar-refractivity contribution in [2.24, 2.45) is 11.7 Å². The van der Waals surface area contributed by atoms with Crippen LogP contribution >= 0.6 is 0 Å². The summed E-state index contributed by atoms with van der Waals surface area (Å²) in [4.78, 5) is 322. The molecule has 4 rings (SSSR count). The van der Waals surface area contributed by atoms with Crippen LogP contribution in [-0.2, 0) is 112 Å². The van der Waals surface area contributed by atoms with E-state index in [1.807, 2.05) is 16.0 Å². The van der Waals surface area contributed by atoms with Crippen molar-refractivity contribution in [1.82, 2.24) is 95.4 Å². The maximum atomic E-state index is 15.2. The number of para-hydroxylation sites is 2. The number of carbonyl (C=O) groups excluding carboxylic acids is 19. The maximum absolute atomic E-state index is 15.2. The van der Waals surface area contributed by atoms with Crippen molar-refractivity contribution in [3.05, 3.63) is 65.9 Å². The van der Waals surface area contributed by atoms with Gasteiger partial charge >= 0.3 is 48.1 Å². The number of Topliss-reactive ketones (excluding diaryl/α,β-unsaturated/α-hetero) is 1. The SMILES string of the molecule is CCCCCCCCCCCCNC(=O)NC(Cc1c[nH]c2ccccc12)C(=O)NC(CC(N)=O)C(=O)NC(CC(=O)O)C(=O)NC1C(=O)NCC(=O)NC(CCCNC(=O)C(CCCCNC(=O)OC(C)(C)C)NC(=O)OC(C)(C)C)C(=O)NC(CC(=O)O)C(=O)NC(C)C(=O)NC(CC(=O)O)C(=O)NCC(=O)NC(CO)C(=O)NC(C(C)CC(=O)O)C(=O)NC(CC(=O)c2ccccc2N)C(=O)OC1C. The number of unbranched alkanes of at least 4 members (excludes halogenated alkanes) is 10. The number of cyclic esters (lactones) is 1. The number of aliphatic hydroxyl groups excluding tert-OH is 1. The Morgan fingerprint density at radius 2 is 1.00 bits per heavy atom. The fourth-order valence-electron chi connectivity index (χ4n) is 14.3. The molecule has 51 nitrogen and oxygen atoms in total. The van der Waals surface area contributed by atoms with E-state index in [-0.39, 0.29) is 56.4 Å². The fourth-order valence-corrected chi connectivity index (χ4v) is 14.3. The molecule has 14 unspecified atom stereocenters. The summed E-state index contributed by atoms with van der Waals surface area (Å²) < 4.78 is 16.4. The summed E-state index contributed by atoms with van der Waals surface area (Å²) in [6, 6.07) is -14.0. The van der Waals surface area contributed by atoms with Crippen molar-refractivity contribution in [2.45, 2.75) is 300 Å². The van der Waals surface area contributed by atoms with Gasteiger partial charge in [-0.1, -0.05) is 102 Å². The van der Waals surface area contributed by atoms with Gasteiger partial charge in [-0.25, -0.2) is 19.2 Å². The number of alkyl carbamates (subject to hydrolysis) is 2. The molecular formula is C91H136N20O31. The molecule has 18 amide bonds. The number of rotatable bonds is 46. The first-order valence-electron chi connectivity index (χ1n) is 46.5. The molecule has 0 saturated carbocycles. The van der Waals surface area contributed by atoms with Gasteiger partial charge in [0.05, 0.1) is 51.8 Å². The predicted molar refractivity (Wildman–Crippen MR) is 503 cm³/mol. The minimum Gasteiger partial charge on any atom is -0.481 e. The molecule has 1 aliphatic rings. The number of aliphatic hydroxyl groups is 1. The highest BCUT2D eigenvalue weighted by molar-refractivity contribution is 6.05. The Morgan fingerprint density at radius 1 is 0.486 bits per heavy atom. The molecule has 51 heteroatoms. The molecule has 27 N–H and O–H groups in total. The Morgan fingerprint density at radius 3 is 1.59 bits per heavy atom. The Bertz CT molecular complexity index is 4920. The Labute approximate surface area is 818 Å². The van der Waals surface area contributed by atoms with Gasteiger partial charge in [-0.05, 0) is 124 Å². The normalized spacial score (nSPS) is 19.7. The number of fused-ring (bicyclic) bond motifs is 1. The van der Waals surface area contributed by atoms with E-state index in [1.165, 1.54) is 24.3 Å². The van der Waals surface area contributed by atoms with Gasteiger partial charge in [-0.2, -0.15) is 0 Å². The topological polar surface area (TPSA) is 794 Å². The van der Waals surface area contributed by atoms with Gasteiger partial charge in [-0.3, -0.25) is 91.1 Å². The van der Waals surface area contributed by atoms with Gasteiger partial charge in [0.1, 0.15) is 89.8 Å². The molecule has 142 heavy (non-hydrogen) atoms. The van der Waals surface area contributed by atoms with Crippen LogP contribution < -0.4 is 102 Å². The molecule has 1 saturated heterocycles. The number of carboxylic acid groups (broad SMARTS) is 4. The Kier molecular flexibility index (Phi) is 50.7. The molecule has 14 atom stereocenters. The zero-order valence-corrected chi connectivity index (χ0v) is 81.1. The van der Waals surface area contributed by atoms with Crippen LogP contribution in [0.25, 0.3) is 10.9 Å². The van der Waals surface area contributed by atoms with Crippen LogP contribution in [0, 0.1) is 5.92 Å². The van der Waals surface area contributed by atoms with E-state index in [1.54, 1.807) is 72.0 Å².